The summed E-state index contributed by atoms with van der Waals surface area (Å²) in [5, 5.41) is 2.22. The highest BCUT2D eigenvalue weighted by molar-refractivity contribution is 5.97. The number of nitrogens with zero attached hydrogens (tertiary/aromatic N) is 5. The molecule has 3 aliphatic rings. The van der Waals surface area contributed by atoms with E-state index in [9.17, 15) is 46.7 Å². The van der Waals surface area contributed by atoms with Crippen molar-refractivity contribution in [3.63, 3.8) is 0 Å². The number of esters is 2. The predicted molar refractivity (Wildman–Crippen MR) is 246 cm³/mol. The Morgan fingerprint density at radius 3 is 1.64 bits per heavy atom. The number of rotatable bonds is 11. The van der Waals surface area contributed by atoms with Gasteiger partial charge in [-0.05, 0) is 53.9 Å². The van der Waals surface area contributed by atoms with E-state index in [0.29, 0.717) is 78.4 Å². The molecule has 5 heterocycles. The smallest absolute Gasteiger partial charge is 0.411 e. The third kappa shape index (κ3) is 10.9. The van der Waals surface area contributed by atoms with Crippen molar-refractivity contribution >= 4 is 23.5 Å². The molecule has 0 radical (unpaired) electrons. The minimum absolute atomic E-state index is 0.101. The Morgan fingerprint density at radius 1 is 0.708 bits per heavy atom. The van der Waals surface area contributed by atoms with Gasteiger partial charge in [0.25, 0.3) is 17.0 Å². The Morgan fingerprint density at radius 2 is 1.18 bits per heavy atom. The lowest BCUT2D eigenvalue weighted by Crippen LogP contribution is -2.53. The van der Waals surface area contributed by atoms with Gasteiger partial charge in [-0.3, -0.25) is 28.3 Å². The molecule has 3 aromatic carbocycles. The molecule has 3 aliphatic heterocycles. The zero-order chi connectivity index (χ0) is 52.2. The third-order valence-corrected chi connectivity index (χ3v) is 12.5. The Bertz CT molecular complexity index is 3090. The molecule has 72 heavy (non-hydrogen) atoms. The van der Waals surface area contributed by atoms with Crippen molar-refractivity contribution in [3.05, 3.63) is 153 Å². The highest BCUT2D eigenvalue weighted by atomic mass is 19.4. The number of benzene rings is 3. The SMILES string of the molecule is COC(=O)[C@@H](N)Cc1ccc(-n2c(=O)c3c(n(C)c2=O)COCC3)cc1.COC(=O)[C@H](Cc1ccc(-n2c(=O)c3c(n(C)c2=O)COCC3)cc1)NC(=O)c1c(F)cc(N2CCOC[C@@H]2C(F)(F)F)cc1F. The number of fused-ring (bicyclic) bond motifs is 2. The van der Waals surface area contributed by atoms with Gasteiger partial charge in [-0.2, -0.15) is 13.2 Å². The molecule has 0 bridgehead atoms. The van der Waals surface area contributed by atoms with Crippen LogP contribution in [-0.2, 0) is 86.3 Å². The third-order valence-electron chi connectivity index (χ3n) is 12.5. The Hall–Kier alpha value is -7.28. The van der Waals surface area contributed by atoms with E-state index in [4.69, 9.17) is 24.7 Å². The van der Waals surface area contributed by atoms with Gasteiger partial charge in [0.05, 0.1) is 76.6 Å². The summed E-state index contributed by atoms with van der Waals surface area (Å²) in [4.78, 5) is 89.2. The maximum absolute atomic E-state index is 15.1. The Kier molecular flexibility index (Phi) is 16.1. The molecule has 2 aromatic heterocycles. The number of nitrogens with one attached hydrogen (secondary N) is 1. The van der Waals surface area contributed by atoms with Crippen molar-refractivity contribution in [3.8, 4) is 11.4 Å². The van der Waals surface area contributed by atoms with Crippen molar-refractivity contribution in [2.75, 3.05) is 52.1 Å². The van der Waals surface area contributed by atoms with Crippen molar-refractivity contribution < 1.29 is 60.0 Å². The number of anilines is 1. The van der Waals surface area contributed by atoms with Crippen LogP contribution in [0, 0.1) is 11.6 Å². The Labute approximate surface area is 406 Å². The number of aromatic nitrogens is 4. The fourth-order valence-corrected chi connectivity index (χ4v) is 8.62. The summed E-state index contributed by atoms with van der Waals surface area (Å²) in [6.07, 6.45) is -3.83. The second-order valence-corrected chi connectivity index (χ2v) is 17.0. The second kappa shape index (κ2) is 22.0. The summed E-state index contributed by atoms with van der Waals surface area (Å²) in [6, 6.07) is 9.68. The second-order valence-electron chi connectivity index (χ2n) is 17.0. The van der Waals surface area contributed by atoms with Crippen LogP contribution in [0.5, 0.6) is 0 Å². The zero-order valence-corrected chi connectivity index (χ0v) is 39.4. The number of halogens is 5. The normalized spacial score (nSPS) is 16.3. The highest BCUT2D eigenvalue weighted by Crippen LogP contribution is 2.33. The van der Waals surface area contributed by atoms with Crippen LogP contribution in [0.1, 0.15) is 44.0 Å². The van der Waals surface area contributed by atoms with Gasteiger partial charge in [0.15, 0.2) is 0 Å². The fraction of sp³-hybridized carbons (Fsp3) is 0.396. The average molecular weight is 1010 g/mol. The number of hydrogen-bond donors (Lipinski definition) is 2. The number of morpholine rings is 1. The van der Waals surface area contributed by atoms with Crippen LogP contribution >= 0.6 is 0 Å². The average Bonchev–Trinajstić information content (AvgIpc) is 3.37. The number of hydrogen-bond acceptors (Lipinski definition) is 14. The number of nitrogens with two attached hydrogens (primary N) is 1. The van der Waals surface area contributed by atoms with Gasteiger partial charge in [-0.25, -0.2) is 32.3 Å². The Balaban J connectivity index is 0.000000247. The van der Waals surface area contributed by atoms with Gasteiger partial charge < -0.3 is 39.6 Å². The summed E-state index contributed by atoms with van der Waals surface area (Å²) < 4.78 is 101. The first-order chi connectivity index (χ1) is 34.2. The fourth-order valence-electron chi connectivity index (χ4n) is 8.62. The van der Waals surface area contributed by atoms with Crippen LogP contribution in [-0.4, -0.2) is 108 Å². The number of amides is 1. The summed E-state index contributed by atoms with van der Waals surface area (Å²) >= 11 is 0. The van der Waals surface area contributed by atoms with Crippen LogP contribution in [0.2, 0.25) is 0 Å². The maximum atomic E-state index is 15.1. The minimum atomic E-state index is -4.74. The van der Waals surface area contributed by atoms with Crippen molar-refractivity contribution in [1.82, 2.24) is 23.6 Å². The lowest BCUT2D eigenvalue weighted by atomic mass is 10.0. The molecule has 0 spiro atoms. The van der Waals surface area contributed by atoms with Crippen molar-refractivity contribution in [1.29, 1.82) is 0 Å². The summed E-state index contributed by atoms with van der Waals surface area (Å²) in [7, 11) is 5.50. The van der Waals surface area contributed by atoms with Gasteiger partial charge in [0.1, 0.15) is 35.3 Å². The molecule has 24 heteroatoms. The molecule has 0 unspecified atom stereocenters. The summed E-state index contributed by atoms with van der Waals surface area (Å²) in [5.41, 5.74) is 6.59. The van der Waals surface area contributed by atoms with E-state index in [1.807, 2.05) is 0 Å². The quantitative estimate of drug-likeness (QED) is 0.142. The van der Waals surface area contributed by atoms with E-state index in [1.54, 1.807) is 31.3 Å². The van der Waals surface area contributed by atoms with Gasteiger partial charge in [0.2, 0.25) is 0 Å². The molecular formula is C48H50F5N7O12. The van der Waals surface area contributed by atoms with Crippen LogP contribution in [0.25, 0.3) is 11.4 Å². The van der Waals surface area contributed by atoms with Gasteiger partial charge in [-0.15, -0.1) is 0 Å². The van der Waals surface area contributed by atoms with Crippen molar-refractivity contribution in [2.24, 2.45) is 19.8 Å². The van der Waals surface area contributed by atoms with Crippen LogP contribution in [0.3, 0.4) is 0 Å². The van der Waals surface area contributed by atoms with E-state index in [0.717, 1.165) is 26.7 Å². The van der Waals surface area contributed by atoms with Gasteiger partial charge in [-0.1, -0.05) is 24.3 Å². The van der Waals surface area contributed by atoms with E-state index in [1.165, 1.54) is 47.6 Å². The largest absolute Gasteiger partial charge is 0.468 e. The summed E-state index contributed by atoms with van der Waals surface area (Å²) in [6.45, 7) is 0.0864. The summed E-state index contributed by atoms with van der Waals surface area (Å²) in [5.74, 6) is -5.64. The first kappa shape index (κ1) is 52.5. The molecule has 1 fully saturated rings. The molecule has 19 nitrogen and oxygen atoms in total. The first-order valence-electron chi connectivity index (χ1n) is 22.4. The van der Waals surface area contributed by atoms with Crippen molar-refractivity contribution in [2.45, 2.75) is 63.2 Å². The van der Waals surface area contributed by atoms with E-state index >= 15 is 8.78 Å². The molecule has 384 valence electrons. The number of carbonyl (C=O) groups is 3. The number of carbonyl (C=O) groups excluding carboxylic acids is 3. The van der Waals surface area contributed by atoms with Gasteiger partial charge in [0, 0.05) is 56.7 Å². The standard InChI is InChI=1S/C30H29F5N4O7.C18H21N3O5/c1-37-23-14-45-9-7-19(23)27(41)39(29(37)43)17-5-3-16(4-6-17)11-22(28(42)44-2)36-26(40)25-20(31)12-18(13-21(25)32)38-8-10-46-15-24(38)30(33,34)35;1-20-15-10-26-8-7-13(15)16(22)21(18(20)24)12-5-3-11(4-6-12)9-14(19)17(23)25-2/h3-6,12-13,22,24H,7-11,14-15H2,1-2H3,(H,36,40);3-6,14H,7-10,19H2,1-2H3/t22-,24+;14-/m00/s1. The molecule has 1 saturated heterocycles. The minimum Gasteiger partial charge on any atom is -0.468 e. The topological polar surface area (TPSA) is 227 Å². The lowest BCUT2D eigenvalue weighted by Gasteiger charge is -2.38. The lowest BCUT2D eigenvalue weighted by molar-refractivity contribution is -0.167. The van der Waals surface area contributed by atoms with Crippen LogP contribution in [0.15, 0.2) is 79.8 Å². The molecule has 0 aliphatic carbocycles. The number of methoxy groups -OCH3 is 2. The monoisotopic (exact) mass is 1010 g/mol. The van der Waals surface area contributed by atoms with E-state index < -0.39 is 88.6 Å². The highest BCUT2D eigenvalue weighted by Gasteiger charge is 2.46. The molecule has 1 amide bonds. The maximum Gasteiger partial charge on any atom is 0.411 e. The van der Waals surface area contributed by atoms with E-state index in [2.05, 4.69) is 10.1 Å². The molecule has 8 rings (SSSR count). The van der Waals surface area contributed by atoms with Gasteiger partial charge >= 0.3 is 29.5 Å². The molecule has 3 atom stereocenters. The van der Waals surface area contributed by atoms with Crippen LogP contribution < -0.4 is 38.4 Å². The number of ether oxygens (including phenoxy) is 5. The number of alkyl halides is 3. The zero-order valence-electron chi connectivity index (χ0n) is 39.4. The van der Waals surface area contributed by atoms with E-state index in [-0.39, 0.29) is 44.0 Å². The molecule has 3 N–H and O–H groups in total. The van der Waals surface area contributed by atoms with Crippen LogP contribution in [0.4, 0.5) is 27.6 Å². The molecular weight excluding hydrogens is 962 g/mol. The predicted octanol–water partition coefficient (Wildman–Crippen LogP) is 1.82. The first-order valence-corrected chi connectivity index (χ1v) is 22.4. The molecule has 0 saturated carbocycles. The molecule has 5 aromatic rings.